The van der Waals surface area contributed by atoms with Crippen LogP contribution >= 0.6 is 0 Å². The molecule has 1 aromatic rings. The largest absolute Gasteiger partial charge is 0.338 e. The zero-order chi connectivity index (χ0) is 7.98. The Labute approximate surface area is 64.4 Å². The molecule has 0 aliphatic heterocycles. The van der Waals surface area contributed by atoms with Crippen molar-refractivity contribution in [3.63, 3.8) is 0 Å². The Bertz CT molecular complexity index is 172. The average molecular weight is 142 g/mol. The maximum Gasteiger partial charge on any atom is 0.0945 e. The standard InChI is InChI=1S/C6H10N2.C2H6.H2/c1-3-6-4-7-5-8(6)2;1-2;/h4-5H,3H2,1-2H3;1-2H3;1H. The van der Waals surface area contributed by atoms with Gasteiger partial charge in [-0.3, -0.25) is 0 Å². The fraction of sp³-hybridized carbons (Fsp3) is 0.625. The first-order valence-electron chi connectivity index (χ1n) is 3.79. The minimum atomic E-state index is 0. The van der Waals surface area contributed by atoms with Crippen LogP contribution in [-0.2, 0) is 13.5 Å². The van der Waals surface area contributed by atoms with E-state index < -0.39 is 0 Å². The van der Waals surface area contributed by atoms with Gasteiger partial charge in [-0.2, -0.15) is 0 Å². The van der Waals surface area contributed by atoms with Crippen LogP contribution in [0.3, 0.4) is 0 Å². The number of imidazole rings is 1. The molecule has 0 spiro atoms. The van der Waals surface area contributed by atoms with Crippen molar-refractivity contribution in [3.8, 4) is 0 Å². The molecule has 0 aromatic carbocycles. The lowest BCUT2D eigenvalue weighted by atomic mass is 10.4. The maximum absolute atomic E-state index is 3.96. The Morgan fingerprint density at radius 2 is 2.20 bits per heavy atom. The van der Waals surface area contributed by atoms with Crippen LogP contribution in [0.2, 0.25) is 0 Å². The predicted molar refractivity (Wildman–Crippen MR) is 46.0 cm³/mol. The number of hydrogen-bond acceptors (Lipinski definition) is 1. The fourth-order valence-electron chi connectivity index (χ4n) is 0.725. The third-order valence-corrected chi connectivity index (χ3v) is 1.28. The molecular formula is C8H18N2. The van der Waals surface area contributed by atoms with E-state index in [1.165, 1.54) is 5.69 Å². The molecule has 0 atom stereocenters. The second kappa shape index (κ2) is 5.03. The SMILES string of the molecule is CC.CCc1cncn1C.[HH]. The normalized spacial score (nSPS) is 8.40. The van der Waals surface area contributed by atoms with Crippen LogP contribution in [-0.4, -0.2) is 9.55 Å². The molecule has 0 aliphatic rings. The molecule has 1 aromatic heterocycles. The summed E-state index contributed by atoms with van der Waals surface area (Å²) < 4.78 is 2.03. The van der Waals surface area contributed by atoms with Crippen LogP contribution in [0.5, 0.6) is 0 Å². The molecule has 0 N–H and O–H groups in total. The first-order valence-corrected chi connectivity index (χ1v) is 3.79. The van der Waals surface area contributed by atoms with Gasteiger partial charge in [0.05, 0.1) is 6.33 Å². The predicted octanol–water partition coefficient (Wildman–Crippen LogP) is 2.25. The lowest BCUT2D eigenvalue weighted by Crippen LogP contribution is -1.90. The lowest BCUT2D eigenvalue weighted by molar-refractivity contribution is 0.833. The molecule has 0 bridgehead atoms. The second-order valence-electron chi connectivity index (χ2n) is 1.85. The van der Waals surface area contributed by atoms with Crippen molar-refractivity contribution in [3.05, 3.63) is 18.2 Å². The molecule has 0 fully saturated rings. The molecule has 2 heteroatoms. The van der Waals surface area contributed by atoms with E-state index in [1.807, 2.05) is 38.0 Å². The molecule has 1 heterocycles. The van der Waals surface area contributed by atoms with Crippen LogP contribution in [0, 0.1) is 0 Å². The van der Waals surface area contributed by atoms with Crippen molar-refractivity contribution in [2.75, 3.05) is 0 Å². The number of aromatic nitrogens is 2. The zero-order valence-electron chi connectivity index (χ0n) is 7.26. The van der Waals surface area contributed by atoms with Crippen LogP contribution in [0.15, 0.2) is 12.5 Å². The van der Waals surface area contributed by atoms with E-state index in [1.54, 1.807) is 0 Å². The highest BCUT2D eigenvalue weighted by molar-refractivity contribution is 4.95. The summed E-state index contributed by atoms with van der Waals surface area (Å²) in [6.45, 7) is 6.12. The first kappa shape index (κ1) is 9.21. The fourth-order valence-corrected chi connectivity index (χ4v) is 0.725. The van der Waals surface area contributed by atoms with Gasteiger partial charge in [0.2, 0.25) is 0 Å². The highest BCUT2D eigenvalue weighted by Gasteiger charge is 1.89. The second-order valence-corrected chi connectivity index (χ2v) is 1.85. The summed E-state index contributed by atoms with van der Waals surface area (Å²) in [5.41, 5.74) is 1.28. The van der Waals surface area contributed by atoms with Gasteiger partial charge >= 0.3 is 0 Å². The van der Waals surface area contributed by atoms with Crippen molar-refractivity contribution in [2.24, 2.45) is 7.05 Å². The van der Waals surface area contributed by atoms with E-state index in [-0.39, 0.29) is 1.43 Å². The molecule has 0 saturated heterocycles. The summed E-state index contributed by atoms with van der Waals surface area (Å²) in [6, 6.07) is 0. The highest BCUT2D eigenvalue weighted by atomic mass is 15.0. The topological polar surface area (TPSA) is 17.8 Å². The number of hydrogen-bond donors (Lipinski definition) is 0. The van der Waals surface area contributed by atoms with Gasteiger partial charge < -0.3 is 4.57 Å². The Morgan fingerprint density at radius 3 is 2.40 bits per heavy atom. The van der Waals surface area contributed by atoms with Crippen molar-refractivity contribution in [1.82, 2.24) is 9.55 Å². The van der Waals surface area contributed by atoms with E-state index in [9.17, 15) is 0 Å². The van der Waals surface area contributed by atoms with E-state index in [0.29, 0.717) is 0 Å². The van der Waals surface area contributed by atoms with E-state index in [4.69, 9.17) is 0 Å². The van der Waals surface area contributed by atoms with Crippen molar-refractivity contribution in [2.45, 2.75) is 27.2 Å². The van der Waals surface area contributed by atoms with Gasteiger partial charge in [-0.05, 0) is 6.42 Å². The Morgan fingerprint density at radius 1 is 1.60 bits per heavy atom. The monoisotopic (exact) mass is 142 g/mol. The summed E-state index contributed by atoms with van der Waals surface area (Å²) in [6.07, 6.45) is 4.77. The molecule has 0 radical (unpaired) electrons. The van der Waals surface area contributed by atoms with Gasteiger partial charge in [-0.1, -0.05) is 20.8 Å². The Balaban J connectivity index is 0. The van der Waals surface area contributed by atoms with Crippen LogP contribution in [0.25, 0.3) is 0 Å². The quantitative estimate of drug-likeness (QED) is 0.588. The van der Waals surface area contributed by atoms with E-state index in [2.05, 4.69) is 11.9 Å². The third kappa shape index (κ3) is 2.21. The van der Waals surface area contributed by atoms with Crippen LogP contribution in [0.4, 0.5) is 0 Å². The van der Waals surface area contributed by atoms with E-state index >= 15 is 0 Å². The number of rotatable bonds is 1. The summed E-state index contributed by atoms with van der Waals surface area (Å²) in [7, 11) is 2.01. The Kier molecular flexibility index (Phi) is 4.63. The first-order chi connectivity index (χ1) is 4.84. The molecule has 0 unspecified atom stereocenters. The summed E-state index contributed by atoms with van der Waals surface area (Å²) in [4.78, 5) is 3.96. The maximum atomic E-state index is 3.96. The molecule has 60 valence electrons. The van der Waals surface area contributed by atoms with Crippen LogP contribution < -0.4 is 0 Å². The van der Waals surface area contributed by atoms with Crippen molar-refractivity contribution >= 4 is 0 Å². The molecule has 0 saturated carbocycles. The third-order valence-electron chi connectivity index (χ3n) is 1.28. The number of aryl methyl sites for hydroxylation is 2. The molecule has 0 aliphatic carbocycles. The van der Waals surface area contributed by atoms with E-state index in [0.717, 1.165) is 6.42 Å². The van der Waals surface area contributed by atoms with Gasteiger partial charge in [0.15, 0.2) is 0 Å². The molecule has 10 heavy (non-hydrogen) atoms. The smallest absolute Gasteiger partial charge is 0.0945 e. The van der Waals surface area contributed by atoms with Gasteiger partial charge in [0.25, 0.3) is 0 Å². The van der Waals surface area contributed by atoms with Gasteiger partial charge in [0.1, 0.15) is 0 Å². The van der Waals surface area contributed by atoms with Crippen molar-refractivity contribution in [1.29, 1.82) is 0 Å². The minimum absolute atomic E-state index is 0. The van der Waals surface area contributed by atoms with Crippen LogP contribution in [0.1, 0.15) is 27.9 Å². The zero-order valence-corrected chi connectivity index (χ0v) is 7.26. The van der Waals surface area contributed by atoms with Crippen molar-refractivity contribution < 1.29 is 1.43 Å². The highest BCUT2D eigenvalue weighted by Crippen LogP contribution is 1.94. The summed E-state index contributed by atoms with van der Waals surface area (Å²) in [5, 5.41) is 0. The average Bonchev–Trinajstić information content (AvgIpc) is 2.39. The Hall–Kier alpha value is -0.790. The lowest BCUT2D eigenvalue weighted by Gasteiger charge is -1.93. The van der Waals surface area contributed by atoms with Gasteiger partial charge in [-0.15, -0.1) is 0 Å². The number of nitrogens with zero attached hydrogens (tertiary/aromatic N) is 2. The molecule has 1 rings (SSSR count). The van der Waals surface area contributed by atoms with Gasteiger partial charge in [0, 0.05) is 20.4 Å². The molecule has 0 amide bonds. The minimum Gasteiger partial charge on any atom is -0.338 e. The summed E-state index contributed by atoms with van der Waals surface area (Å²) in [5.74, 6) is 0. The van der Waals surface area contributed by atoms with Gasteiger partial charge in [-0.25, -0.2) is 4.98 Å². The molecule has 2 nitrogen and oxygen atoms in total. The molecular weight excluding hydrogens is 124 g/mol. The summed E-state index contributed by atoms with van der Waals surface area (Å²) >= 11 is 0.